The van der Waals surface area contributed by atoms with Gasteiger partial charge in [-0.25, -0.2) is 4.98 Å². The summed E-state index contributed by atoms with van der Waals surface area (Å²) in [4.78, 5) is 7.05. The number of hydrogen-bond acceptors (Lipinski definition) is 4. The van der Waals surface area contributed by atoms with Crippen LogP contribution in [0, 0.1) is 0 Å². The van der Waals surface area contributed by atoms with Crippen LogP contribution in [0.5, 0.6) is 11.5 Å². The van der Waals surface area contributed by atoms with Gasteiger partial charge in [-0.2, -0.15) is 0 Å². The van der Waals surface area contributed by atoms with Gasteiger partial charge in [0.15, 0.2) is 5.82 Å². The molecule has 0 N–H and O–H groups in total. The van der Waals surface area contributed by atoms with E-state index >= 15 is 0 Å². The molecule has 0 radical (unpaired) electrons. The van der Waals surface area contributed by atoms with Gasteiger partial charge in [-0.05, 0) is 59.7 Å². The van der Waals surface area contributed by atoms with E-state index in [1.807, 2.05) is 42.5 Å². The summed E-state index contributed by atoms with van der Waals surface area (Å²) < 4.78 is 12.9. The van der Waals surface area contributed by atoms with Gasteiger partial charge >= 0.3 is 0 Å². The molecule has 0 amide bonds. The average molecular weight is 409 g/mol. The Morgan fingerprint density at radius 2 is 1.65 bits per heavy atom. The molecule has 0 spiro atoms. The molecule has 5 nitrogen and oxygen atoms in total. The fourth-order valence-corrected chi connectivity index (χ4v) is 3.96. The molecule has 1 aromatic heterocycles. The topological polar surface area (TPSA) is 39.5 Å². The van der Waals surface area contributed by atoms with Crippen LogP contribution in [0.4, 0.5) is 0 Å². The van der Waals surface area contributed by atoms with Crippen LogP contribution >= 0.6 is 0 Å². The number of para-hydroxylation sites is 2. The van der Waals surface area contributed by atoms with Gasteiger partial charge in [-0.1, -0.05) is 30.8 Å². The molecule has 0 bridgehead atoms. The predicted octanol–water partition coefficient (Wildman–Crippen LogP) is 5.50. The predicted molar refractivity (Wildman–Crippen MR) is 124 cm³/mol. The normalized spacial score (nSPS) is 13.2. The third-order valence-corrected chi connectivity index (χ3v) is 5.58. The van der Waals surface area contributed by atoms with Gasteiger partial charge in [-0.15, -0.1) is 0 Å². The minimum Gasteiger partial charge on any atom is -0.497 e. The van der Waals surface area contributed by atoms with Gasteiger partial charge in [0, 0.05) is 12.7 Å². The molecule has 0 saturated heterocycles. The van der Waals surface area contributed by atoms with Gasteiger partial charge in [0.05, 0.1) is 36.6 Å². The Balaban J connectivity index is 1.65. The molecule has 3 aromatic carbocycles. The SMILES string of the molecule is C=C1c2nc3ccccc3n2C=C(c2ccc(OC)cc2)N1Cc1cccc(OC)c1. The summed E-state index contributed by atoms with van der Waals surface area (Å²) in [5.41, 5.74) is 6.12. The monoisotopic (exact) mass is 409 g/mol. The lowest BCUT2D eigenvalue weighted by Crippen LogP contribution is -2.25. The maximum atomic E-state index is 5.42. The lowest BCUT2D eigenvalue weighted by atomic mass is 10.1. The Morgan fingerprint density at radius 1 is 0.871 bits per heavy atom. The van der Waals surface area contributed by atoms with Crippen molar-refractivity contribution in [3.8, 4) is 11.5 Å². The zero-order chi connectivity index (χ0) is 21.4. The smallest absolute Gasteiger partial charge is 0.161 e. The Morgan fingerprint density at radius 3 is 2.42 bits per heavy atom. The summed E-state index contributed by atoms with van der Waals surface area (Å²) >= 11 is 0. The lowest BCUT2D eigenvalue weighted by molar-refractivity contribution is 0.413. The number of benzene rings is 3. The number of imidazole rings is 1. The van der Waals surface area contributed by atoms with E-state index in [1.54, 1.807) is 14.2 Å². The van der Waals surface area contributed by atoms with E-state index in [0.717, 1.165) is 50.9 Å². The van der Waals surface area contributed by atoms with Gasteiger partial charge in [0.25, 0.3) is 0 Å². The van der Waals surface area contributed by atoms with Crippen LogP contribution in [0.3, 0.4) is 0 Å². The van der Waals surface area contributed by atoms with E-state index in [0.29, 0.717) is 6.54 Å². The first kappa shape index (κ1) is 19.0. The molecule has 154 valence electrons. The third kappa shape index (κ3) is 3.34. The second-order valence-corrected chi connectivity index (χ2v) is 7.42. The van der Waals surface area contributed by atoms with Crippen LogP contribution < -0.4 is 9.47 Å². The zero-order valence-electron chi connectivity index (χ0n) is 17.6. The second-order valence-electron chi connectivity index (χ2n) is 7.42. The minimum absolute atomic E-state index is 0.650. The van der Waals surface area contributed by atoms with E-state index in [-0.39, 0.29) is 0 Å². The van der Waals surface area contributed by atoms with Crippen molar-refractivity contribution in [2.75, 3.05) is 14.2 Å². The van der Waals surface area contributed by atoms with Gasteiger partial charge < -0.3 is 14.4 Å². The molecule has 1 aliphatic heterocycles. The van der Waals surface area contributed by atoms with E-state index in [9.17, 15) is 0 Å². The van der Waals surface area contributed by atoms with Crippen molar-refractivity contribution in [3.63, 3.8) is 0 Å². The Hall–Kier alpha value is -3.99. The molecule has 0 saturated carbocycles. The van der Waals surface area contributed by atoms with Gasteiger partial charge in [0.2, 0.25) is 0 Å². The molecule has 0 fully saturated rings. The number of hydrogen-bond donors (Lipinski definition) is 0. The Kier molecular flexibility index (Phi) is 4.71. The molecular weight excluding hydrogens is 386 g/mol. The maximum absolute atomic E-state index is 5.42. The molecule has 4 aromatic rings. The number of methoxy groups -OCH3 is 2. The summed E-state index contributed by atoms with van der Waals surface area (Å²) in [7, 11) is 3.36. The molecule has 0 aliphatic carbocycles. The van der Waals surface area contributed by atoms with Crippen molar-refractivity contribution in [1.29, 1.82) is 0 Å². The van der Waals surface area contributed by atoms with E-state index < -0.39 is 0 Å². The Labute approximate surface area is 181 Å². The molecule has 0 unspecified atom stereocenters. The first-order valence-corrected chi connectivity index (χ1v) is 10.1. The number of ether oxygens (including phenoxy) is 2. The summed E-state index contributed by atoms with van der Waals surface area (Å²) in [5.74, 6) is 2.51. The summed E-state index contributed by atoms with van der Waals surface area (Å²) in [6.07, 6.45) is 2.14. The number of rotatable bonds is 5. The van der Waals surface area contributed by atoms with Crippen LogP contribution in [0.2, 0.25) is 0 Å². The van der Waals surface area contributed by atoms with E-state index in [2.05, 4.69) is 52.6 Å². The van der Waals surface area contributed by atoms with Crippen LogP contribution in [-0.2, 0) is 6.54 Å². The number of aromatic nitrogens is 2. The number of nitrogens with zero attached hydrogens (tertiary/aromatic N) is 3. The summed E-state index contributed by atoms with van der Waals surface area (Å²) in [6, 6.07) is 24.3. The van der Waals surface area contributed by atoms with E-state index in [1.165, 1.54) is 0 Å². The summed E-state index contributed by atoms with van der Waals surface area (Å²) in [5, 5.41) is 0. The quantitative estimate of drug-likeness (QED) is 0.437. The van der Waals surface area contributed by atoms with Gasteiger partial charge in [0.1, 0.15) is 11.5 Å². The van der Waals surface area contributed by atoms with Crippen molar-refractivity contribution >= 4 is 28.6 Å². The summed E-state index contributed by atoms with van der Waals surface area (Å²) in [6.45, 7) is 5.08. The molecule has 1 aliphatic rings. The molecular formula is C26H23N3O2. The molecule has 5 heteroatoms. The highest BCUT2D eigenvalue weighted by atomic mass is 16.5. The van der Waals surface area contributed by atoms with Crippen molar-refractivity contribution in [2.24, 2.45) is 0 Å². The van der Waals surface area contributed by atoms with Crippen molar-refractivity contribution in [3.05, 3.63) is 96.3 Å². The zero-order valence-corrected chi connectivity index (χ0v) is 17.6. The molecule has 31 heavy (non-hydrogen) atoms. The third-order valence-electron chi connectivity index (χ3n) is 5.58. The first-order chi connectivity index (χ1) is 15.2. The van der Waals surface area contributed by atoms with Gasteiger partial charge in [-0.3, -0.25) is 4.57 Å². The van der Waals surface area contributed by atoms with Crippen LogP contribution in [-0.4, -0.2) is 28.7 Å². The fourth-order valence-electron chi connectivity index (χ4n) is 3.96. The average Bonchev–Trinajstić information content (AvgIpc) is 3.20. The lowest BCUT2D eigenvalue weighted by Gasteiger charge is -2.33. The standard InChI is InChI=1S/C26H23N3O2/c1-18-26-27-23-9-4-5-10-24(23)29(26)17-25(20-11-13-21(30-2)14-12-20)28(18)16-19-7-6-8-22(15-19)31-3/h4-15,17H,1,16H2,2-3H3. The fraction of sp³-hybridized carbons (Fsp3) is 0.115. The van der Waals surface area contributed by atoms with Crippen molar-refractivity contribution in [2.45, 2.75) is 6.54 Å². The van der Waals surface area contributed by atoms with Crippen molar-refractivity contribution in [1.82, 2.24) is 14.5 Å². The highest BCUT2D eigenvalue weighted by molar-refractivity contribution is 5.91. The molecule has 5 rings (SSSR count). The molecule has 2 heterocycles. The largest absolute Gasteiger partial charge is 0.497 e. The van der Waals surface area contributed by atoms with Crippen LogP contribution in [0.1, 0.15) is 17.0 Å². The van der Waals surface area contributed by atoms with E-state index in [4.69, 9.17) is 14.5 Å². The highest BCUT2D eigenvalue weighted by Crippen LogP contribution is 2.37. The second kappa shape index (κ2) is 7.69. The number of fused-ring (bicyclic) bond motifs is 3. The Bertz CT molecular complexity index is 1300. The van der Waals surface area contributed by atoms with Crippen LogP contribution in [0.15, 0.2) is 79.4 Å². The highest BCUT2D eigenvalue weighted by Gasteiger charge is 2.26. The first-order valence-electron chi connectivity index (χ1n) is 10.1. The minimum atomic E-state index is 0.650. The van der Waals surface area contributed by atoms with Crippen molar-refractivity contribution < 1.29 is 9.47 Å². The maximum Gasteiger partial charge on any atom is 0.161 e. The molecule has 0 atom stereocenters. The van der Waals surface area contributed by atoms with Crippen LogP contribution in [0.25, 0.3) is 28.6 Å².